The second-order valence-corrected chi connectivity index (χ2v) is 6.97. The van der Waals surface area contributed by atoms with Crippen molar-refractivity contribution < 1.29 is 0 Å². The number of rotatable bonds is 4. The zero-order valence-corrected chi connectivity index (χ0v) is 16.2. The second kappa shape index (κ2) is 7.29. The van der Waals surface area contributed by atoms with Gasteiger partial charge < -0.3 is 5.32 Å². The van der Waals surface area contributed by atoms with E-state index in [4.69, 9.17) is 11.6 Å². The number of fused-ring (bicyclic) bond motifs is 1. The van der Waals surface area contributed by atoms with E-state index in [1.54, 1.807) is 18.5 Å². The Labute approximate surface area is 167 Å². The van der Waals surface area contributed by atoms with Crippen LogP contribution in [0.25, 0.3) is 16.7 Å². The molecule has 0 aliphatic heterocycles. The van der Waals surface area contributed by atoms with Crippen LogP contribution in [0.4, 0.5) is 5.69 Å². The maximum atomic E-state index is 9.45. The van der Waals surface area contributed by atoms with Gasteiger partial charge in [-0.3, -0.25) is 4.98 Å². The van der Waals surface area contributed by atoms with Crippen LogP contribution >= 0.6 is 11.6 Å². The van der Waals surface area contributed by atoms with E-state index in [1.807, 2.05) is 48.9 Å². The minimum absolute atomic E-state index is 0.474. The molecule has 7 heteroatoms. The summed E-state index contributed by atoms with van der Waals surface area (Å²) in [6.07, 6.45) is 3.38. The molecule has 0 aliphatic carbocycles. The van der Waals surface area contributed by atoms with Gasteiger partial charge in [-0.2, -0.15) is 10.4 Å². The molecule has 0 bridgehead atoms. The Bertz CT molecular complexity index is 1200. The molecule has 3 heterocycles. The van der Waals surface area contributed by atoms with E-state index in [2.05, 4.69) is 26.5 Å². The fraction of sp³-hybridized carbons (Fsp3) is 0.143. The van der Waals surface area contributed by atoms with Crippen LogP contribution in [-0.4, -0.2) is 19.7 Å². The van der Waals surface area contributed by atoms with E-state index in [1.165, 1.54) is 0 Å². The van der Waals surface area contributed by atoms with Crippen LogP contribution in [0.1, 0.15) is 22.5 Å². The number of hydrogen-bond donors (Lipinski definition) is 1. The first-order chi connectivity index (χ1) is 13.5. The molecule has 0 saturated carbocycles. The zero-order chi connectivity index (χ0) is 19.7. The molecule has 0 spiro atoms. The molecule has 0 unspecified atom stereocenters. The molecule has 1 aromatic carbocycles. The number of benzene rings is 1. The molecule has 0 aliphatic rings. The van der Waals surface area contributed by atoms with E-state index in [0.717, 1.165) is 39.4 Å². The molecular formula is C21H17ClN6. The molecule has 6 nitrogen and oxygen atoms in total. The number of hydrogen-bond acceptors (Lipinski definition) is 5. The Morgan fingerprint density at radius 3 is 2.64 bits per heavy atom. The van der Waals surface area contributed by atoms with Crippen molar-refractivity contribution in [2.75, 3.05) is 5.32 Å². The number of nitrogens with one attached hydrogen (secondary N) is 1. The summed E-state index contributed by atoms with van der Waals surface area (Å²) in [6, 6.07) is 13.6. The predicted molar refractivity (Wildman–Crippen MR) is 110 cm³/mol. The fourth-order valence-corrected chi connectivity index (χ4v) is 3.31. The van der Waals surface area contributed by atoms with Gasteiger partial charge in [-0.1, -0.05) is 17.7 Å². The number of aromatic nitrogens is 4. The molecule has 28 heavy (non-hydrogen) atoms. The zero-order valence-electron chi connectivity index (χ0n) is 15.4. The highest BCUT2D eigenvalue weighted by Crippen LogP contribution is 2.28. The highest BCUT2D eigenvalue weighted by molar-refractivity contribution is 6.31. The number of nitrogens with zero attached hydrogens (tertiary/aromatic N) is 5. The summed E-state index contributed by atoms with van der Waals surface area (Å²) in [5, 5.41) is 18.7. The van der Waals surface area contributed by atoms with Gasteiger partial charge in [0.25, 0.3) is 0 Å². The van der Waals surface area contributed by atoms with Gasteiger partial charge in [0, 0.05) is 35.0 Å². The van der Waals surface area contributed by atoms with E-state index >= 15 is 0 Å². The smallest absolute Gasteiger partial charge is 0.153 e. The standard InChI is InChI=1S/C21H17ClN6/c1-13-7-14(2)28(27-13)20-6-3-15(10-25-20)11-26-21-16(9-23)12-24-19-5-4-17(22)8-18(19)21/h3-8,10,12H,11H2,1-2H3,(H,24,26). The largest absolute Gasteiger partial charge is 0.379 e. The molecule has 0 atom stereocenters. The lowest BCUT2D eigenvalue weighted by Gasteiger charge is -2.12. The summed E-state index contributed by atoms with van der Waals surface area (Å²) in [5.41, 5.74) is 4.96. The first-order valence-electron chi connectivity index (χ1n) is 8.76. The molecule has 1 N–H and O–H groups in total. The SMILES string of the molecule is Cc1cc(C)n(-c2ccc(CNc3c(C#N)cnc4ccc(Cl)cc34)cn2)n1. The Balaban J connectivity index is 1.60. The molecule has 138 valence electrons. The topological polar surface area (TPSA) is 79.4 Å². The van der Waals surface area contributed by atoms with Crippen molar-refractivity contribution in [2.24, 2.45) is 0 Å². The second-order valence-electron chi connectivity index (χ2n) is 6.54. The Morgan fingerprint density at radius 2 is 1.96 bits per heavy atom. The van der Waals surface area contributed by atoms with Gasteiger partial charge in [0.2, 0.25) is 0 Å². The first kappa shape index (κ1) is 18.0. The average Bonchev–Trinajstić information content (AvgIpc) is 3.04. The van der Waals surface area contributed by atoms with Crippen molar-refractivity contribution in [1.82, 2.24) is 19.7 Å². The lowest BCUT2D eigenvalue weighted by molar-refractivity contribution is 0.804. The molecule has 4 aromatic rings. The Kier molecular flexibility index (Phi) is 4.68. The van der Waals surface area contributed by atoms with Crippen molar-refractivity contribution in [3.05, 3.63) is 76.3 Å². The van der Waals surface area contributed by atoms with Crippen molar-refractivity contribution >= 4 is 28.2 Å². The molecule has 0 amide bonds. The number of anilines is 1. The predicted octanol–water partition coefficient (Wildman–Crippen LogP) is 4.57. The highest BCUT2D eigenvalue weighted by Gasteiger charge is 2.10. The van der Waals surface area contributed by atoms with Crippen LogP contribution in [-0.2, 0) is 6.54 Å². The highest BCUT2D eigenvalue weighted by atomic mass is 35.5. The number of aryl methyl sites for hydroxylation is 2. The summed E-state index contributed by atoms with van der Waals surface area (Å²) in [6.45, 7) is 4.48. The van der Waals surface area contributed by atoms with Gasteiger partial charge in [-0.05, 0) is 49.7 Å². The van der Waals surface area contributed by atoms with Crippen LogP contribution in [0.2, 0.25) is 5.02 Å². The Hall–Kier alpha value is -3.43. The summed E-state index contributed by atoms with van der Waals surface area (Å²) >= 11 is 6.14. The minimum Gasteiger partial charge on any atom is -0.379 e. The van der Waals surface area contributed by atoms with Gasteiger partial charge in [0.1, 0.15) is 6.07 Å². The monoisotopic (exact) mass is 388 g/mol. The normalized spacial score (nSPS) is 10.8. The molecule has 3 aromatic heterocycles. The molecular weight excluding hydrogens is 372 g/mol. The summed E-state index contributed by atoms with van der Waals surface area (Å²) < 4.78 is 1.82. The van der Waals surface area contributed by atoms with E-state index in [9.17, 15) is 5.26 Å². The van der Waals surface area contributed by atoms with Crippen LogP contribution < -0.4 is 5.32 Å². The van der Waals surface area contributed by atoms with E-state index in [-0.39, 0.29) is 0 Å². The van der Waals surface area contributed by atoms with E-state index < -0.39 is 0 Å². The lowest BCUT2D eigenvalue weighted by Crippen LogP contribution is -2.05. The fourth-order valence-electron chi connectivity index (χ4n) is 3.14. The molecule has 0 saturated heterocycles. The third kappa shape index (κ3) is 3.40. The first-order valence-corrected chi connectivity index (χ1v) is 9.14. The van der Waals surface area contributed by atoms with Crippen molar-refractivity contribution in [1.29, 1.82) is 5.26 Å². The quantitative estimate of drug-likeness (QED) is 0.554. The van der Waals surface area contributed by atoms with E-state index in [0.29, 0.717) is 17.1 Å². The Morgan fingerprint density at radius 1 is 1.11 bits per heavy atom. The van der Waals surface area contributed by atoms with Crippen molar-refractivity contribution in [2.45, 2.75) is 20.4 Å². The summed E-state index contributed by atoms with van der Waals surface area (Å²) in [4.78, 5) is 8.84. The van der Waals surface area contributed by atoms with Gasteiger partial charge in [0.15, 0.2) is 5.82 Å². The third-order valence-corrected chi connectivity index (χ3v) is 4.69. The lowest BCUT2D eigenvalue weighted by atomic mass is 10.1. The maximum Gasteiger partial charge on any atom is 0.153 e. The molecule has 0 radical (unpaired) electrons. The third-order valence-electron chi connectivity index (χ3n) is 4.46. The van der Waals surface area contributed by atoms with Crippen molar-refractivity contribution in [3.8, 4) is 11.9 Å². The van der Waals surface area contributed by atoms with Gasteiger partial charge >= 0.3 is 0 Å². The van der Waals surface area contributed by atoms with Gasteiger partial charge in [-0.25, -0.2) is 9.67 Å². The summed E-state index contributed by atoms with van der Waals surface area (Å²) in [5.74, 6) is 0.771. The number of pyridine rings is 2. The minimum atomic E-state index is 0.474. The van der Waals surface area contributed by atoms with Crippen LogP contribution in [0.5, 0.6) is 0 Å². The van der Waals surface area contributed by atoms with Crippen molar-refractivity contribution in [3.63, 3.8) is 0 Å². The van der Waals surface area contributed by atoms with Gasteiger partial charge in [-0.15, -0.1) is 0 Å². The van der Waals surface area contributed by atoms with Crippen LogP contribution in [0.3, 0.4) is 0 Å². The molecule has 4 rings (SSSR count). The average molecular weight is 389 g/mol. The summed E-state index contributed by atoms with van der Waals surface area (Å²) in [7, 11) is 0. The maximum absolute atomic E-state index is 9.45. The van der Waals surface area contributed by atoms with Crippen LogP contribution in [0, 0.1) is 25.2 Å². The van der Waals surface area contributed by atoms with Crippen LogP contribution in [0.15, 0.2) is 48.8 Å². The van der Waals surface area contributed by atoms with Gasteiger partial charge in [0.05, 0.1) is 22.5 Å². The number of nitriles is 1. The molecule has 0 fully saturated rings. The number of halogens is 1.